The highest BCUT2D eigenvalue weighted by Crippen LogP contribution is 2.34. The van der Waals surface area contributed by atoms with Crippen molar-refractivity contribution < 1.29 is 13.2 Å². The van der Waals surface area contributed by atoms with Gasteiger partial charge in [0.15, 0.2) is 0 Å². The Bertz CT molecular complexity index is 786. The first-order valence-corrected chi connectivity index (χ1v) is 8.51. The van der Waals surface area contributed by atoms with Gasteiger partial charge in [-0.25, -0.2) is 8.42 Å². The van der Waals surface area contributed by atoms with E-state index in [1.54, 1.807) is 37.4 Å². The number of benzene rings is 2. The maximum absolute atomic E-state index is 12.9. The molecule has 0 aliphatic carbocycles. The first kappa shape index (κ1) is 14.7. The summed E-state index contributed by atoms with van der Waals surface area (Å²) in [5.74, 6) is 0.741. The Hall–Kier alpha value is -2.21. The second-order valence-electron chi connectivity index (χ2n) is 5.24. The SMILES string of the molecule is COc1ccc2c(c1)CCCN2S(=O)(=O)c1ccc(N)cc1. The van der Waals surface area contributed by atoms with Crippen LogP contribution in [0, 0.1) is 0 Å². The second kappa shape index (κ2) is 5.53. The van der Waals surface area contributed by atoms with E-state index in [0.717, 1.165) is 29.8 Å². The molecule has 6 heteroatoms. The van der Waals surface area contributed by atoms with E-state index in [1.807, 2.05) is 12.1 Å². The summed E-state index contributed by atoms with van der Waals surface area (Å²) in [6, 6.07) is 11.8. The summed E-state index contributed by atoms with van der Waals surface area (Å²) in [7, 11) is -1.97. The lowest BCUT2D eigenvalue weighted by atomic mass is 10.0. The maximum Gasteiger partial charge on any atom is 0.264 e. The number of nitrogen functional groups attached to an aromatic ring is 1. The van der Waals surface area contributed by atoms with Crippen LogP contribution in [0.15, 0.2) is 47.4 Å². The average Bonchev–Trinajstić information content (AvgIpc) is 2.54. The minimum absolute atomic E-state index is 0.255. The van der Waals surface area contributed by atoms with Crippen LogP contribution < -0.4 is 14.8 Å². The summed E-state index contributed by atoms with van der Waals surface area (Å²) in [5, 5.41) is 0. The molecule has 0 bridgehead atoms. The molecular weight excluding hydrogens is 300 g/mol. The van der Waals surface area contributed by atoms with Crippen LogP contribution >= 0.6 is 0 Å². The van der Waals surface area contributed by atoms with E-state index in [9.17, 15) is 8.42 Å². The number of hydrogen-bond acceptors (Lipinski definition) is 4. The molecule has 2 aromatic rings. The minimum Gasteiger partial charge on any atom is -0.497 e. The normalized spacial score (nSPS) is 14.5. The highest BCUT2D eigenvalue weighted by molar-refractivity contribution is 7.92. The van der Waals surface area contributed by atoms with Crippen LogP contribution in [0.4, 0.5) is 11.4 Å². The lowest BCUT2D eigenvalue weighted by molar-refractivity contribution is 0.414. The smallest absolute Gasteiger partial charge is 0.264 e. The number of fused-ring (bicyclic) bond motifs is 1. The van der Waals surface area contributed by atoms with Crippen molar-refractivity contribution in [3.05, 3.63) is 48.0 Å². The van der Waals surface area contributed by atoms with E-state index in [1.165, 1.54) is 4.31 Å². The zero-order valence-corrected chi connectivity index (χ0v) is 13.1. The highest BCUT2D eigenvalue weighted by Gasteiger charge is 2.29. The van der Waals surface area contributed by atoms with E-state index in [4.69, 9.17) is 10.5 Å². The zero-order chi connectivity index (χ0) is 15.7. The third-order valence-corrected chi connectivity index (χ3v) is 5.66. The number of anilines is 2. The van der Waals surface area contributed by atoms with E-state index >= 15 is 0 Å². The van der Waals surface area contributed by atoms with Gasteiger partial charge in [0.2, 0.25) is 0 Å². The first-order valence-electron chi connectivity index (χ1n) is 7.07. The van der Waals surface area contributed by atoms with Crippen LogP contribution in [0.1, 0.15) is 12.0 Å². The molecule has 2 N–H and O–H groups in total. The van der Waals surface area contributed by atoms with E-state index in [2.05, 4.69) is 0 Å². The van der Waals surface area contributed by atoms with Gasteiger partial charge in [0.1, 0.15) is 5.75 Å². The molecule has 1 aliphatic heterocycles. The van der Waals surface area contributed by atoms with Gasteiger partial charge in [-0.05, 0) is 60.9 Å². The predicted molar refractivity (Wildman–Crippen MR) is 86.7 cm³/mol. The highest BCUT2D eigenvalue weighted by atomic mass is 32.2. The average molecular weight is 318 g/mol. The maximum atomic E-state index is 12.9. The number of rotatable bonds is 3. The van der Waals surface area contributed by atoms with Crippen LogP contribution in [0.25, 0.3) is 0 Å². The van der Waals surface area contributed by atoms with E-state index < -0.39 is 10.0 Å². The number of methoxy groups -OCH3 is 1. The summed E-state index contributed by atoms with van der Waals surface area (Å²) in [6.07, 6.45) is 1.63. The molecule has 0 spiro atoms. The molecule has 5 nitrogen and oxygen atoms in total. The molecule has 0 amide bonds. The Kier molecular flexibility index (Phi) is 3.70. The Morgan fingerprint density at radius 1 is 1.14 bits per heavy atom. The number of nitrogens with two attached hydrogens (primary N) is 1. The second-order valence-corrected chi connectivity index (χ2v) is 7.11. The third kappa shape index (κ3) is 2.50. The molecule has 0 saturated carbocycles. The van der Waals surface area contributed by atoms with Gasteiger partial charge in [-0.1, -0.05) is 0 Å². The first-order chi connectivity index (χ1) is 10.5. The lowest BCUT2D eigenvalue weighted by Gasteiger charge is -2.30. The molecule has 0 saturated heterocycles. The number of aryl methyl sites for hydroxylation is 1. The molecule has 0 aromatic heterocycles. The van der Waals surface area contributed by atoms with Crippen LogP contribution in [0.5, 0.6) is 5.75 Å². The molecule has 0 fully saturated rings. The van der Waals surface area contributed by atoms with Crippen LogP contribution in [-0.4, -0.2) is 22.1 Å². The van der Waals surface area contributed by atoms with Gasteiger partial charge >= 0.3 is 0 Å². The van der Waals surface area contributed by atoms with Gasteiger partial charge in [-0.3, -0.25) is 4.31 Å². The number of nitrogens with zero attached hydrogens (tertiary/aromatic N) is 1. The van der Waals surface area contributed by atoms with Crippen molar-refractivity contribution in [3.8, 4) is 5.75 Å². The summed E-state index contributed by atoms with van der Waals surface area (Å²) in [6.45, 7) is 0.478. The van der Waals surface area contributed by atoms with Gasteiger partial charge in [-0.15, -0.1) is 0 Å². The van der Waals surface area contributed by atoms with Gasteiger partial charge in [-0.2, -0.15) is 0 Å². The van der Waals surface area contributed by atoms with Crippen molar-refractivity contribution >= 4 is 21.4 Å². The molecular formula is C16H18N2O3S. The fourth-order valence-electron chi connectivity index (χ4n) is 2.68. The molecule has 0 unspecified atom stereocenters. The van der Waals surface area contributed by atoms with Gasteiger partial charge in [0.25, 0.3) is 10.0 Å². The standard InChI is InChI=1S/C16H18N2O3S/c1-21-14-6-9-16-12(11-14)3-2-10-18(16)22(19,20)15-7-4-13(17)5-8-15/h4-9,11H,2-3,10,17H2,1H3. The topological polar surface area (TPSA) is 72.6 Å². The lowest BCUT2D eigenvalue weighted by Crippen LogP contribution is -2.35. The van der Waals surface area contributed by atoms with E-state index in [-0.39, 0.29) is 4.90 Å². The Morgan fingerprint density at radius 3 is 2.55 bits per heavy atom. The largest absolute Gasteiger partial charge is 0.497 e. The van der Waals surface area contributed by atoms with Crippen LogP contribution in [-0.2, 0) is 16.4 Å². The van der Waals surface area contributed by atoms with Crippen molar-refractivity contribution in [2.24, 2.45) is 0 Å². The van der Waals surface area contributed by atoms with Crippen LogP contribution in [0.3, 0.4) is 0 Å². The third-order valence-electron chi connectivity index (χ3n) is 3.83. The summed E-state index contributed by atoms with van der Waals surface area (Å²) in [5.41, 5.74) is 7.89. The quantitative estimate of drug-likeness (QED) is 0.882. The number of sulfonamides is 1. The predicted octanol–water partition coefficient (Wildman–Crippen LogP) is 2.42. The minimum atomic E-state index is -3.57. The summed E-state index contributed by atoms with van der Waals surface area (Å²) < 4.78 is 32.4. The zero-order valence-electron chi connectivity index (χ0n) is 12.3. The Balaban J connectivity index is 2.05. The Labute approximate surface area is 130 Å². The summed E-state index contributed by atoms with van der Waals surface area (Å²) in [4.78, 5) is 0.255. The van der Waals surface area contributed by atoms with Crippen molar-refractivity contribution in [1.82, 2.24) is 0 Å². The van der Waals surface area contributed by atoms with Crippen molar-refractivity contribution in [2.75, 3.05) is 23.7 Å². The fraction of sp³-hybridized carbons (Fsp3) is 0.250. The molecule has 1 aliphatic rings. The van der Waals surface area contributed by atoms with Gasteiger partial charge < -0.3 is 10.5 Å². The number of hydrogen-bond donors (Lipinski definition) is 1. The Morgan fingerprint density at radius 2 is 1.86 bits per heavy atom. The van der Waals surface area contributed by atoms with Gasteiger partial charge in [0.05, 0.1) is 17.7 Å². The molecule has 22 heavy (non-hydrogen) atoms. The molecule has 2 aromatic carbocycles. The number of ether oxygens (including phenoxy) is 1. The van der Waals surface area contributed by atoms with E-state index in [0.29, 0.717) is 12.2 Å². The summed E-state index contributed by atoms with van der Waals surface area (Å²) >= 11 is 0. The van der Waals surface area contributed by atoms with Crippen LogP contribution in [0.2, 0.25) is 0 Å². The molecule has 116 valence electrons. The molecule has 1 heterocycles. The molecule has 0 atom stereocenters. The fourth-order valence-corrected chi connectivity index (χ4v) is 4.22. The molecule has 3 rings (SSSR count). The van der Waals surface area contributed by atoms with Crippen molar-refractivity contribution in [1.29, 1.82) is 0 Å². The molecule has 0 radical (unpaired) electrons. The van der Waals surface area contributed by atoms with Crippen molar-refractivity contribution in [3.63, 3.8) is 0 Å². The van der Waals surface area contributed by atoms with Gasteiger partial charge in [0, 0.05) is 12.2 Å². The monoisotopic (exact) mass is 318 g/mol. The van der Waals surface area contributed by atoms with Crippen molar-refractivity contribution in [2.45, 2.75) is 17.7 Å².